The lowest BCUT2D eigenvalue weighted by atomic mass is 9.91. The molecule has 0 radical (unpaired) electrons. The van der Waals surface area contributed by atoms with Crippen LogP contribution in [0.4, 0.5) is 0 Å². The SMILES string of the molecule is CC(C)(C)c1nc(-c2ccc3c(c2)CCO3)oc1C(=O)O. The van der Waals surface area contributed by atoms with E-state index in [1.165, 1.54) is 0 Å². The van der Waals surface area contributed by atoms with Gasteiger partial charge in [-0.1, -0.05) is 20.8 Å². The second kappa shape index (κ2) is 4.62. The van der Waals surface area contributed by atoms with Crippen molar-refractivity contribution >= 4 is 5.97 Å². The van der Waals surface area contributed by atoms with Crippen LogP contribution in [0.25, 0.3) is 11.5 Å². The predicted octanol–water partition coefficient (Wildman–Crippen LogP) is 3.27. The number of fused-ring (bicyclic) bond motifs is 1. The van der Waals surface area contributed by atoms with Crippen LogP contribution in [-0.2, 0) is 11.8 Å². The Morgan fingerprint density at radius 2 is 2.10 bits per heavy atom. The molecule has 2 heterocycles. The number of ether oxygens (including phenoxy) is 1. The molecule has 0 amide bonds. The summed E-state index contributed by atoms with van der Waals surface area (Å²) in [6.45, 7) is 6.42. The highest BCUT2D eigenvalue weighted by Gasteiger charge is 2.29. The van der Waals surface area contributed by atoms with Crippen molar-refractivity contribution in [1.82, 2.24) is 4.98 Å². The number of aromatic carboxylic acids is 1. The first kappa shape index (κ1) is 13.7. The number of carboxylic acid groups (broad SMARTS) is 1. The highest BCUT2D eigenvalue weighted by molar-refractivity contribution is 5.86. The summed E-state index contributed by atoms with van der Waals surface area (Å²) < 4.78 is 11.0. The van der Waals surface area contributed by atoms with Crippen LogP contribution in [0.15, 0.2) is 22.6 Å². The molecule has 5 heteroatoms. The molecule has 1 N–H and O–H groups in total. The molecule has 0 aliphatic carbocycles. The Morgan fingerprint density at radius 3 is 2.71 bits per heavy atom. The van der Waals surface area contributed by atoms with Gasteiger partial charge in [-0.05, 0) is 23.8 Å². The molecule has 110 valence electrons. The number of carboxylic acids is 1. The van der Waals surface area contributed by atoms with E-state index in [1.54, 1.807) is 0 Å². The average Bonchev–Trinajstić information content (AvgIpc) is 3.03. The topological polar surface area (TPSA) is 72.6 Å². The third-order valence-electron chi connectivity index (χ3n) is 3.47. The van der Waals surface area contributed by atoms with Gasteiger partial charge < -0.3 is 14.3 Å². The van der Waals surface area contributed by atoms with Crippen LogP contribution in [0.1, 0.15) is 42.6 Å². The summed E-state index contributed by atoms with van der Waals surface area (Å²) in [5, 5.41) is 9.29. The zero-order valence-corrected chi connectivity index (χ0v) is 12.3. The molecule has 0 saturated carbocycles. The predicted molar refractivity (Wildman–Crippen MR) is 76.8 cm³/mol. The molecule has 5 nitrogen and oxygen atoms in total. The largest absolute Gasteiger partial charge is 0.493 e. The quantitative estimate of drug-likeness (QED) is 0.917. The fourth-order valence-electron chi connectivity index (χ4n) is 2.42. The Balaban J connectivity index is 2.09. The van der Waals surface area contributed by atoms with Gasteiger partial charge in [0, 0.05) is 17.4 Å². The number of benzene rings is 1. The van der Waals surface area contributed by atoms with E-state index in [0.717, 1.165) is 23.3 Å². The summed E-state index contributed by atoms with van der Waals surface area (Å²) >= 11 is 0. The molecule has 3 rings (SSSR count). The molecular formula is C16H17NO4. The van der Waals surface area contributed by atoms with E-state index < -0.39 is 11.4 Å². The van der Waals surface area contributed by atoms with Gasteiger partial charge >= 0.3 is 5.97 Å². The molecule has 0 fully saturated rings. The van der Waals surface area contributed by atoms with E-state index in [2.05, 4.69) is 4.98 Å². The molecular weight excluding hydrogens is 270 g/mol. The number of hydrogen-bond donors (Lipinski definition) is 1. The minimum atomic E-state index is -1.09. The zero-order valence-electron chi connectivity index (χ0n) is 12.3. The van der Waals surface area contributed by atoms with Crippen molar-refractivity contribution in [2.45, 2.75) is 32.6 Å². The van der Waals surface area contributed by atoms with Crippen LogP contribution in [-0.4, -0.2) is 22.7 Å². The summed E-state index contributed by atoms with van der Waals surface area (Å²) in [5.74, 6) is 0.0317. The second-order valence-corrected chi connectivity index (χ2v) is 6.17. The van der Waals surface area contributed by atoms with Gasteiger partial charge in [0.1, 0.15) is 11.4 Å². The van der Waals surface area contributed by atoms with Crippen molar-refractivity contribution in [1.29, 1.82) is 0 Å². The Labute approximate surface area is 122 Å². The zero-order chi connectivity index (χ0) is 15.2. The fraction of sp³-hybridized carbons (Fsp3) is 0.375. The second-order valence-electron chi connectivity index (χ2n) is 6.17. The first-order valence-electron chi connectivity index (χ1n) is 6.87. The Bertz CT molecular complexity index is 710. The first-order valence-corrected chi connectivity index (χ1v) is 6.87. The average molecular weight is 287 g/mol. The van der Waals surface area contributed by atoms with Crippen LogP contribution in [0.2, 0.25) is 0 Å². The summed E-state index contributed by atoms with van der Waals surface area (Å²) in [6, 6.07) is 5.67. The number of oxazole rings is 1. The van der Waals surface area contributed by atoms with Crippen molar-refractivity contribution in [2.24, 2.45) is 0 Å². The van der Waals surface area contributed by atoms with E-state index in [0.29, 0.717) is 18.2 Å². The lowest BCUT2D eigenvalue weighted by Crippen LogP contribution is -2.16. The monoisotopic (exact) mass is 287 g/mol. The maximum absolute atomic E-state index is 11.3. The number of aromatic nitrogens is 1. The molecule has 1 aliphatic rings. The van der Waals surface area contributed by atoms with E-state index in [1.807, 2.05) is 39.0 Å². The Kier molecular flexibility index (Phi) is 3.01. The van der Waals surface area contributed by atoms with Crippen molar-refractivity contribution in [2.75, 3.05) is 6.61 Å². The van der Waals surface area contributed by atoms with E-state index in [9.17, 15) is 9.90 Å². The number of nitrogens with zero attached hydrogens (tertiary/aromatic N) is 1. The van der Waals surface area contributed by atoms with Crippen molar-refractivity contribution in [3.05, 3.63) is 35.2 Å². The van der Waals surface area contributed by atoms with Gasteiger partial charge in [0.25, 0.3) is 0 Å². The maximum Gasteiger partial charge on any atom is 0.373 e. The third kappa shape index (κ3) is 2.39. The molecule has 0 spiro atoms. The van der Waals surface area contributed by atoms with Gasteiger partial charge in [-0.25, -0.2) is 9.78 Å². The molecule has 0 saturated heterocycles. The highest BCUT2D eigenvalue weighted by atomic mass is 16.5. The minimum absolute atomic E-state index is 0.0887. The van der Waals surface area contributed by atoms with Gasteiger partial charge in [0.15, 0.2) is 0 Å². The molecule has 0 unspecified atom stereocenters. The van der Waals surface area contributed by atoms with Gasteiger partial charge in [-0.2, -0.15) is 0 Å². The normalized spacial score (nSPS) is 13.9. The lowest BCUT2D eigenvalue weighted by molar-refractivity contribution is 0.0659. The van der Waals surface area contributed by atoms with Crippen molar-refractivity contribution < 1.29 is 19.1 Å². The smallest absolute Gasteiger partial charge is 0.373 e. The van der Waals surface area contributed by atoms with E-state index in [4.69, 9.17) is 9.15 Å². The standard InChI is InChI=1S/C16H17NO4/c1-16(2,3)13-12(15(18)19)21-14(17-13)10-4-5-11-9(8-10)6-7-20-11/h4-5,8H,6-7H2,1-3H3,(H,18,19). The maximum atomic E-state index is 11.3. The van der Waals surface area contributed by atoms with Gasteiger partial charge in [0.05, 0.1) is 6.61 Å². The number of rotatable bonds is 2. The van der Waals surface area contributed by atoms with Crippen LogP contribution in [0, 0.1) is 0 Å². The molecule has 0 bridgehead atoms. The molecule has 1 aromatic heterocycles. The first-order chi connectivity index (χ1) is 9.86. The number of hydrogen-bond acceptors (Lipinski definition) is 4. The summed E-state index contributed by atoms with van der Waals surface area (Å²) in [4.78, 5) is 15.8. The van der Waals surface area contributed by atoms with Crippen molar-refractivity contribution in [3.63, 3.8) is 0 Å². The van der Waals surface area contributed by atoms with Crippen LogP contribution < -0.4 is 4.74 Å². The molecule has 1 aliphatic heterocycles. The fourth-order valence-corrected chi connectivity index (χ4v) is 2.42. The van der Waals surface area contributed by atoms with Gasteiger partial charge in [0.2, 0.25) is 11.7 Å². The minimum Gasteiger partial charge on any atom is -0.493 e. The molecule has 2 aromatic rings. The highest BCUT2D eigenvalue weighted by Crippen LogP contribution is 2.33. The Hall–Kier alpha value is -2.30. The van der Waals surface area contributed by atoms with Crippen LogP contribution in [0.5, 0.6) is 5.75 Å². The summed E-state index contributed by atoms with van der Waals surface area (Å²) in [5.41, 5.74) is 1.94. The molecule has 0 atom stereocenters. The van der Waals surface area contributed by atoms with E-state index >= 15 is 0 Å². The Morgan fingerprint density at radius 1 is 1.33 bits per heavy atom. The molecule has 21 heavy (non-hydrogen) atoms. The van der Waals surface area contributed by atoms with E-state index in [-0.39, 0.29) is 5.76 Å². The summed E-state index contributed by atoms with van der Waals surface area (Å²) in [6.07, 6.45) is 0.849. The van der Waals surface area contributed by atoms with Crippen LogP contribution >= 0.6 is 0 Å². The lowest BCUT2D eigenvalue weighted by Gasteiger charge is -2.14. The van der Waals surface area contributed by atoms with Crippen molar-refractivity contribution in [3.8, 4) is 17.2 Å². The van der Waals surface area contributed by atoms with Gasteiger partial charge in [-0.3, -0.25) is 0 Å². The number of carbonyl (C=O) groups is 1. The van der Waals surface area contributed by atoms with Gasteiger partial charge in [-0.15, -0.1) is 0 Å². The summed E-state index contributed by atoms with van der Waals surface area (Å²) in [7, 11) is 0. The molecule has 1 aromatic carbocycles. The third-order valence-corrected chi connectivity index (χ3v) is 3.47. The van der Waals surface area contributed by atoms with Crippen LogP contribution in [0.3, 0.4) is 0 Å².